The zero-order valence-electron chi connectivity index (χ0n) is 13.6. The van der Waals surface area contributed by atoms with Crippen molar-refractivity contribution in [3.8, 4) is 0 Å². The second-order valence-corrected chi connectivity index (χ2v) is 7.45. The number of carbonyl (C=O) groups excluding carboxylic acids is 1. The fourth-order valence-electron chi connectivity index (χ4n) is 4.16. The highest BCUT2D eigenvalue weighted by Crippen LogP contribution is 2.40. The van der Waals surface area contributed by atoms with Gasteiger partial charge in [0.15, 0.2) is 0 Å². The van der Waals surface area contributed by atoms with Crippen LogP contribution in [-0.4, -0.2) is 28.9 Å². The molecule has 21 heavy (non-hydrogen) atoms. The minimum Gasteiger partial charge on any atom is -0.392 e. The van der Waals surface area contributed by atoms with Crippen molar-refractivity contribution in [2.75, 3.05) is 7.05 Å². The van der Waals surface area contributed by atoms with Gasteiger partial charge in [0.25, 0.3) is 0 Å². The van der Waals surface area contributed by atoms with E-state index >= 15 is 0 Å². The fraction of sp³-hybridized carbons (Fsp3) is 0.882. The van der Waals surface area contributed by atoms with Gasteiger partial charge >= 0.3 is 0 Å². The molecule has 0 aliphatic heterocycles. The standard InChI is InChI=1S/C17H30N2OS/c1-3-13-7-9-14(10-8-13)19(2)16(20)17(15(18)21)11-5-4-6-12-17/h13-14H,3-12H2,1-2H3,(H2,18,21). The first kappa shape index (κ1) is 16.7. The Kier molecular flexibility index (Phi) is 5.64. The summed E-state index contributed by atoms with van der Waals surface area (Å²) in [4.78, 5) is 15.5. The van der Waals surface area contributed by atoms with Crippen molar-refractivity contribution in [1.82, 2.24) is 4.90 Å². The maximum atomic E-state index is 13.1. The Morgan fingerprint density at radius 2 is 1.76 bits per heavy atom. The number of hydrogen-bond donors (Lipinski definition) is 1. The van der Waals surface area contributed by atoms with Gasteiger partial charge in [-0.15, -0.1) is 0 Å². The third-order valence-corrected chi connectivity index (χ3v) is 6.24. The minimum absolute atomic E-state index is 0.189. The van der Waals surface area contributed by atoms with E-state index in [4.69, 9.17) is 18.0 Å². The molecule has 0 atom stereocenters. The van der Waals surface area contributed by atoms with Crippen LogP contribution in [0.2, 0.25) is 0 Å². The largest absolute Gasteiger partial charge is 0.392 e. The molecule has 2 rings (SSSR count). The predicted molar refractivity (Wildman–Crippen MR) is 91.1 cm³/mol. The molecule has 0 aromatic heterocycles. The van der Waals surface area contributed by atoms with Crippen molar-refractivity contribution < 1.29 is 4.79 Å². The van der Waals surface area contributed by atoms with Crippen LogP contribution in [0.3, 0.4) is 0 Å². The second kappa shape index (κ2) is 7.08. The van der Waals surface area contributed by atoms with Crippen molar-refractivity contribution in [1.29, 1.82) is 0 Å². The summed E-state index contributed by atoms with van der Waals surface area (Å²) in [6, 6.07) is 0.383. The van der Waals surface area contributed by atoms with Crippen molar-refractivity contribution >= 4 is 23.1 Å². The molecule has 0 spiro atoms. The molecule has 3 nitrogen and oxygen atoms in total. The van der Waals surface area contributed by atoms with Crippen LogP contribution in [0.4, 0.5) is 0 Å². The summed E-state index contributed by atoms with van der Waals surface area (Å²) >= 11 is 5.29. The van der Waals surface area contributed by atoms with Crippen LogP contribution < -0.4 is 5.73 Å². The Morgan fingerprint density at radius 3 is 2.24 bits per heavy atom. The van der Waals surface area contributed by atoms with E-state index in [2.05, 4.69) is 6.92 Å². The lowest BCUT2D eigenvalue weighted by Crippen LogP contribution is -2.53. The van der Waals surface area contributed by atoms with Gasteiger partial charge in [-0.05, 0) is 44.4 Å². The molecular formula is C17H30N2OS. The SMILES string of the molecule is CCC1CCC(N(C)C(=O)C2(C(N)=S)CCCCC2)CC1. The van der Waals surface area contributed by atoms with Crippen LogP contribution in [0.25, 0.3) is 0 Å². The summed E-state index contributed by atoms with van der Waals surface area (Å²) in [6.45, 7) is 2.27. The van der Waals surface area contributed by atoms with Gasteiger partial charge in [0, 0.05) is 13.1 Å². The Morgan fingerprint density at radius 1 is 1.19 bits per heavy atom. The van der Waals surface area contributed by atoms with Crippen molar-refractivity contribution in [3.63, 3.8) is 0 Å². The van der Waals surface area contributed by atoms with Gasteiger partial charge in [0.2, 0.25) is 5.91 Å². The van der Waals surface area contributed by atoms with Crippen LogP contribution in [0, 0.1) is 11.3 Å². The molecule has 2 aliphatic carbocycles. The summed E-state index contributed by atoms with van der Waals surface area (Å²) in [5.41, 5.74) is 5.45. The Labute approximate surface area is 134 Å². The molecule has 0 saturated heterocycles. The van der Waals surface area contributed by atoms with E-state index in [0.29, 0.717) is 11.0 Å². The highest BCUT2D eigenvalue weighted by molar-refractivity contribution is 7.80. The monoisotopic (exact) mass is 310 g/mol. The normalized spacial score (nSPS) is 28.9. The Balaban J connectivity index is 2.05. The summed E-state index contributed by atoms with van der Waals surface area (Å²) < 4.78 is 0. The summed E-state index contributed by atoms with van der Waals surface area (Å²) in [5.74, 6) is 1.04. The van der Waals surface area contributed by atoms with Gasteiger partial charge < -0.3 is 10.6 Å². The lowest BCUT2D eigenvalue weighted by molar-refractivity contribution is -0.141. The van der Waals surface area contributed by atoms with Gasteiger partial charge in [-0.3, -0.25) is 4.79 Å². The number of thiocarbonyl (C=S) groups is 1. The van der Waals surface area contributed by atoms with Gasteiger partial charge in [0.05, 0.1) is 10.4 Å². The summed E-state index contributed by atoms with van der Waals surface area (Å²) in [5, 5.41) is 0. The molecule has 120 valence electrons. The van der Waals surface area contributed by atoms with Gasteiger partial charge in [0.1, 0.15) is 0 Å². The first-order valence-electron chi connectivity index (χ1n) is 8.58. The van der Waals surface area contributed by atoms with Crippen molar-refractivity contribution in [2.45, 2.75) is 77.2 Å². The molecule has 2 saturated carbocycles. The highest BCUT2D eigenvalue weighted by atomic mass is 32.1. The number of carbonyl (C=O) groups is 1. The van der Waals surface area contributed by atoms with E-state index in [0.717, 1.165) is 44.4 Å². The molecule has 0 aromatic rings. The molecule has 2 aliphatic rings. The lowest BCUT2D eigenvalue weighted by atomic mass is 9.72. The van der Waals surface area contributed by atoms with Gasteiger partial charge in [-0.1, -0.05) is 44.8 Å². The average Bonchev–Trinajstić information content (AvgIpc) is 2.54. The molecule has 0 bridgehead atoms. The van der Waals surface area contributed by atoms with E-state index in [1.54, 1.807) is 0 Å². The van der Waals surface area contributed by atoms with Crippen molar-refractivity contribution in [3.05, 3.63) is 0 Å². The third-order valence-electron chi connectivity index (χ3n) is 5.85. The maximum Gasteiger partial charge on any atom is 0.235 e. The second-order valence-electron chi connectivity index (χ2n) is 7.01. The van der Waals surface area contributed by atoms with E-state index in [1.165, 1.54) is 25.7 Å². The number of hydrogen-bond acceptors (Lipinski definition) is 2. The molecule has 0 unspecified atom stereocenters. The predicted octanol–water partition coefficient (Wildman–Crippen LogP) is 3.65. The molecule has 1 amide bonds. The number of nitrogens with two attached hydrogens (primary N) is 1. The molecular weight excluding hydrogens is 280 g/mol. The van der Waals surface area contributed by atoms with E-state index in [9.17, 15) is 4.79 Å². The smallest absolute Gasteiger partial charge is 0.235 e. The number of nitrogens with zero attached hydrogens (tertiary/aromatic N) is 1. The molecule has 0 aromatic carbocycles. The zero-order chi connectivity index (χ0) is 15.5. The number of amides is 1. The fourth-order valence-corrected chi connectivity index (χ4v) is 4.46. The summed E-state index contributed by atoms with van der Waals surface area (Å²) in [7, 11) is 1.97. The van der Waals surface area contributed by atoms with Crippen LogP contribution >= 0.6 is 12.2 Å². The number of rotatable bonds is 4. The van der Waals surface area contributed by atoms with Crippen LogP contribution in [-0.2, 0) is 4.79 Å². The van der Waals surface area contributed by atoms with Gasteiger partial charge in [-0.2, -0.15) is 0 Å². The van der Waals surface area contributed by atoms with E-state index < -0.39 is 5.41 Å². The quantitative estimate of drug-likeness (QED) is 0.806. The summed E-state index contributed by atoms with van der Waals surface area (Å²) in [6.07, 6.45) is 11.1. The molecule has 0 radical (unpaired) electrons. The molecule has 4 heteroatoms. The molecule has 2 fully saturated rings. The first-order chi connectivity index (χ1) is 10.0. The van der Waals surface area contributed by atoms with Crippen LogP contribution in [0.15, 0.2) is 0 Å². The maximum absolute atomic E-state index is 13.1. The Hall–Kier alpha value is -0.640. The minimum atomic E-state index is -0.552. The molecule has 0 heterocycles. The van der Waals surface area contributed by atoms with Crippen LogP contribution in [0.5, 0.6) is 0 Å². The highest BCUT2D eigenvalue weighted by Gasteiger charge is 2.45. The lowest BCUT2D eigenvalue weighted by Gasteiger charge is -2.42. The van der Waals surface area contributed by atoms with E-state index in [1.807, 2.05) is 11.9 Å². The van der Waals surface area contributed by atoms with E-state index in [-0.39, 0.29) is 5.91 Å². The first-order valence-corrected chi connectivity index (χ1v) is 8.99. The molecule has 2 N–H and O–H groups in total. The Bertz CT molecular complexity index is 382. The topological polar surface area (TPSA) is 46.3 Å². The average molecular weight is 311 g/mol. The third kappa shape index (κ3) is 3.41. The van der Waals surface area contributed by atoms with Crippen molar-refractivity contribution in [2.24, 2.45) is 17.1 Å². The van der Waals surface area contributed by atoms with Gasteiger partial charge in [-0.25, -0.2) is 0 Å². The zero-order valence-corrected chi connectivity index (χ0v) is 14.4. The van der Waals surface area contributed by atoms with Crippen LogP contribution in [0.1, 0.15) is 71.1 Å².